The van der Waals surface area contributed by atoms with Crippen LogP contribution in [0.2, 0.25) is 0 Å². The van der Waals surface area contributed by atoms with Crippen molar-refractivity contribution in [3.63, 3.8) is 0 Å². The number of anilines is 1. The fourth-order valence-corrected chi connectivity index (χ4v) is 3.79. The third kappa shape index (κ3) is 2.99. The van der Waals surface area contributed by atoms with E-state index in [-0.39, 0.29) is 11.7 Å². The van der Waals surface area contributed by atoms with Crippen LogP contribution >= 0.6 is 23.6 Å². The Morgan fingerprint density at radius 1 is 1.20 bits per heavy atom. The molecule has 124 valence electrons. The number of thiophene rings is 1. The second-order valence-corrected chi connectivity index (χ2v) is 6.87. The highest BCUT2D eigenvalue weighted by molar-refractivity contribution is 7.71. The molecule has 0 atom stereocenters. The first-order chi connectivity index (χ1) is 12.1. The van der Waals surface area contributed by atoms with Crippen molar-refractivity contribution in [1.82, 2.24) is 9.55 Å². The Morgan fingerprint density at radius 2 is 2.04 bits per heavy atom. The predicted octanol–water partition coefficient (Wildman–Crippen LogP) is 5.14. The molecule has 7 heteroatoms. The number of halogens is 1. The zero-order chi connectivity index (χ0) is 17.4. The summed E-state index contributed by atoms with van der Waals surface area (Å²) >= 11 is 6.47. The van der Waals surface area contributed by atoms with E-state index in [4.69, 9.17) is 12.2 Å². The number of hydrogen-bond donors (Lipinski definition) is 2. The molecule has 0 bridgehead atoms. The molecule has 4 rings (SSSR count). The molecule has 4 aromatic rings. The fourth-order valence-electron chi connectivity index (χ4n) is 2.59. The minimum Gasteiger partial charge on any atom is -0.337 e. The number of aromatic amines is 1. The van der Waals surface area contributed by atoms with Gasteiger partial charge in [-0.2, -0.15) is 0 Å². The van der Waals surface area contributed by atoms with Gasteiger partial charge in [-0.3, -0.25) is 9.36 Å². The van der Waals surface area contributed by atoms with Crippen molar-refractivity contribution in [1.29, 1.82) is 0 Å². The van der Waals surface area contributed by atoms with Crippen LogP contribution in [0.15, 0.2) is 60.9 Å². The second-order valence-electron chi connectivity index (χ2n) is 5.40. The summed E-state index contributed by atoms with van der Waals surface area (Å²) in [6.07, 6.45) is 3.57. The molecule has 0 radical (unpaired) electrons. The summed E-state index contributed by atoms with van der Waals surface area (Å²) in [6.45, 7) is 0. The van der Waals surface area contributed by atoms with E-state index in [1.165, 1.54) is 17.4 Å². The van der Waals surface area contributed by atoms with Gasteiger partial charge in [0.25, 0.3) is 5.91 Å². The number of rotatable bonds is 3. The molecule has 2 aromatic carbocycles. The molecular weight excluding hydrogens is 357 g/mol. The Labute approximate surface area is 151 Å². The lowest BCUT2D eigenvalue weighted by Crippen LogP contribution is -2.10. The summed E-state index contributed by atoms with van der Waals surface area (Å²) in [6, 6.07) is 13.8. The van der Waals surface area contributed by atoms with E-state index in [0.29, 0.717) is 20.7 Å². The predicted molar refractivity (Wildman–Crippen MR) is 101 cm³/mol. The maximum absolute atomic E-state index is 13.8. The van der Waals surface area contributed by atoms with Crippen LogP contribution < -0.4 is 5.32 Å². The van der Waals surface area contributed by atoms with Crippen LogP contribution in [0, 0.1) is 10.6 Å². The quantitative estimate of drug-likeness (QED) is 0.491. The number of aromatic nitrogens is 2. The Hall–Kier alpha value is -2.77. The van der Waals surface area contributed by atoms with Crippen molar-refractivity contribution >= 4 is 45.2 Å². The Morgan fingerprint density at radius 3 is 2.80 bits per heavy atom. The maximum atomic E-state index is 13.8. The first-order valence-electron chi connectivity index (χ1n) is 7.48. The number of fused-ring (bicyclic) bond motifs is 1. The summed E-state index contributed by atoms with van der Waals surface area (Å²) in [5, 5.41) is 3.31. The molecule has 0 saturated carbocycles. The third-order valence-corrected chi connectivity index (χ3v) is 5.18. The molecule has 2 N–H and O–H groups in total. The summed E-state index contributed by atoms with van der Waals surface area (Å²) in [5.74, 6) is -0.591. The lowest BCUT2D eigenvalue weighted by atomic mass is 10.2. The number of carbonyl (C=O) groups is 1. The zero-order valence-electron chi connectivity index (χ0n) is 12.8. The summed E-state index contributed by atoms with van der Waals surface area (Å²) < 4.78 is 16.9. The van der Waals surface area contributed by atoms with Gasteiger partial charge < -0.3 is 10.3 Å². The van der Waals surface area contributed by atoms with Crippen molar-refractivity contribution in [2.75, 3.05) is 5.32 Å². The molecule has 1 amide bonds. The topological polar surface area (TPSA) is 49.8 Å². The SMILES string of the molecule is O=C(Nc1cccc(-n2cc[nH]c2=S)c1)c1cc2c(F)cccc2s1. The van der Waals surface area contributed by atoms with E-state index in [2.05, 4.69) is 10.3 Å². The van der Waals surface area contributed by atoms with E-state index in [1.807, 2.05) is 24.4 Å². The van der Waals surface area contributed by atoms with Gasteiger partial charge in [0.15, 0.2) is 4.77 Å². The monoisotopic (exact) mass is 369 g/mol. The van der Waals surface area contributed by atoms with E-state index in [9.17, 15) is 9.18 Å². The summed E-state index contributed by atoms with van der Waals surface area (Å²) in [5.41, 5.74) is 1.48. The number of nitrogens with zero attached hydrogens (tertiary/aromatic N) is 1. The normalized spacial score (nSPS) is 10.9. The van der Waals surface area contributed by atoms with Gasteiger partial charge in [-0.1, -0.05) is 12.1 Å². The van der Waals surface area contributed by atoms with Gasteiger partial charge in [0.1, 0.15) is 5.82 Å². The largest absolute Gasteiger partial charge is 0.337 e. The number of carbonyl (C=O) groups excluding carboxylic acids is 1. The number of H-pyrrole nitrogens is 1. The van der Waals surface area contributed by atoms with Crippen LogP contribution in [0.1, 0.15) is 9.67 Å². The summed E-state index contributed by atoms with van der Waals surface area (Å²) in [7, 11) is 0. The molecule has 0 aliphatic carbocycles. The molecule has 4 nitrogen and oxygen atoms in total. The van der Waals surface area contributed by atoms with Crippen LogP contribution in [0.25, 0.3) is 15.8 Å². The standard InChI is InChI=1S/C18H12FN3OS2/c19-14-5-2-6-15-13(14)10-16(25-15)17(23)21-11-3-1-4-12(9-11)22-8-7-20-18(22)24/h1-10H,(H,20,24)(H,21,23). The fraction of sp³-hybridized carbons (Fsp3) is 0. The van der Waals surface area contributed by atoms with Crippen molar-refractivity contribution < 1.29 is 9.18 Å². The number of imidazole rings is 1. The Bertz CT molecular complexity index is 1140. The first kappa shape index (κ1) is 15.7. The second kappa shape index (κ2) is 6.27. The van der Waals surface area contributed by atoms with Gasteiger partial charge >= 0.3 is 0 Å². The average Bonchev–Trinajstić information content (AvgIpc) is 3.22. The minimum atomic E-state index is -0.323. The minimum absolute atomic E-state index is 0.268. The highest BCUT2D eigenvalue weighted by atomic mass is 32.1. The Kier molecular flexibility index (Phi) is 3.95. The van der Waals surface area contributed by atoms with Gasteiger partial charge in [-0.25, -0.2) is 4.39 Å². The molecule has 0 aliphatic rings. The third-order valence-electron chi connectivity index (χ3n) is 3.76. The van der Waals surface area contributed by atoms with E-state index in [0.717, 1.165) is 10.4 Å². The van der Waals surface area contributed by atoms with Gasteiger partial charge in [-0.15, -0.1) is 11.3 Å². The first-order valence-corrected chi connectivity index (χ1v) is 8.70. The molecule has 25 heavy (non-hydrogen) atoms. The molecule has 2 aromatic heterocycles. The highest BCUT2D eigenvalue weighted by Gasteiger charge is 2.13. The number of hydrogen-bond acceptors (Lipinski definition) is 3. The molecule has 0 aliphatic heterocycles. The molecule has 0 fully saturated rings. The highest BCUT2D eigenvalue weighted by Crippen LogP contribution is 2.28. The molecule has 0 saturated heterocycles. The van der Waals surface area contributed by atoms with Crippen LogP contribution in [-0.4, -0.2) is 15.5 Å². The Balaban J connectivity index is 1.63. The molecular formula is C18H12FN3OS2. The van der Waals surface area contributed by atoms with Gasteiger partial charge in [0.2, 0.25) is 0 Å². The van der Waals surface area contributed by atoms with Gasteiger partial charge in [-0.05, 0) is 48.6 Å². The molecule has 2 heterocycles. The van der Waals surface area contributed by atoms with E-state index < -0.39 is 0 Å². The van der Waals surface area contributed by atoms with Crippen LogP contribution in [0.4, 0.5) is 10.1 Å². The van der Waals surface area contributed by atoms with Crippen LogP contribution in [0.5, 0.6) is 0 Å². The average molecular weight is 369 g/mol. The van der Waals surface area contributed by atoms with Crippen LogP contribution in [-0.2, 0) is 0 Å². The van der Waals surface area contributed by atoms with Crippen LogP contribution in [0.3, 0.4) is 0 Å². The van der Waals surface area contributed by atoms with Gasteiger partial charge in [0.05, 0.1) is 4.88 Å². The molecule has 0 unspecified atom stereocenters. The van der Waals surface area contributed by atoms with Crippen molar-refractivity contribution in [2.45, 2.75) is 0 Å². The smallest absolute Gasteiger partial charge is 0.265 e. The van der Waals surface area contributed by atoms with Crippen molar-refractivity contribution in [3.8, 4) is 5.69 Å². The van der Waals surface area contributed by atoms with E-state index in [1.54, 1.807) is 35.0 Å². The molecule has 0 spiro atoms. The summed E-state index contributed by atoms with van der Waals surface area (Å²) in [4.78, 5) is 15.9. The van der Waals surface area contributed by atoms with Gasteiger partial charge in [0, 0.05) is 33.9 Å². The van der Waals surface area contributed by atoms with Crippen molar-refractivity contribution in [2.24, 2.45) is 0 Å². The maximum Gasteiger partial charge on any atom is 0.265 e. The van der Waals surface area contributed by atoms with E-state index >= 15 is 0 Å². The number of benzene rings is 2. The number of amides is 1. The lowest BCUT2D eigenvalue weighted by molar-refractivity contribution is 0.103. The van der Waals surface area contributed by atoms with Crippen molar-refractivity contribution in [3.05, 3.63) is 76.4 Å². The number of nitrogens with one attached hydrogen (secondary N) is 2. The zero-order valence-corrected chi connectivity index (χ0v) is 14.5. The lowest BCUT2D eigenvalue weighted by Gasteiger charge is -2.07.